The highest BCUT2D eigenvalue weighted by molar-refractivity contribution is 6.31. The number of nitrogen functional groups attached to an aromatic ring is 2. The van der Waals surface area contributed by atoms with Crippen LogP contribution in [0.25, 0.3) is 0 Å². The Morgan fingerprint density at radius 3 is 2.11 bits per heavy atom. The van der Waals surface area contributed by atoms with Crippen molar-refractivity contribution in [1.82, 2.24) is 0 Å². The minimum atomic E-state index is 0.691. The molecule has 0 aliphatic heterocycles. The second kappa shape index (κ2) is 5.32. The molecule has 0 amide bonds. The van der Waals surface area contributed by atoms with Crippen LogP contribution < -0.4 is 11.5 Å². The Morgan fingerprint density at radius 2 is 1.50 bits per heavy atom. The Balaban J connectivity index is 2.33. The Hall–Kier alpha value is -1.67. The van der Waals surface area contributed by atoms with Gasteiger partial charge in [-0.3, -0.25) is 0 Å². The van der Waals surface area contributed by atoms with Crippen LogP contribution in [-0.2, 0) is 12.8 Å². The van der Waals surface area contributed by atoms with E-state index >= 15 is 0 Å². The molecule has 0 bridgehead atoms. The molecule has 0 heterocycles. The third kappa shape index (κ3) is 2.77. The Kier molecular flexibility index (Phi) is 3.78. The summed E-state index contributed by atoms with van der Waals surface area (Å²) in [7, 11) is 0. The average molecular weight is 261 g/mol. The van der Waals surface area contributed by atoms with Crippen LogP contribution in [0, 0.1) is 0 Å². The van der Waals surface area contributed by atoms with Gasteiger partial charge in [-0.25, -0.2) is 0 Å². The van der Waals surface area contributed by atoms with Crippen LogP contribution in [0.15, 0.2) is 36.4 Å². The second-order valence-electron chi connectivity index (χ2n) is 4.41. The van der Waals surface area contributed by atoms with Gasteiger partial charge in [0.1, 0.15) is 0 Å². The van der Waals surface area contributed by atoms with Gasteiger partial charge in [-0.1, -0.05) is 30.7 Å². The molecule has 2 nitrogen and oxygen atoms in total. The zero-order valence-corrected chi connectivity index (χ0v) is 11.2. The van der Waals surface area contributed by atoms with E-state index in [2.05, 4.69) is 13.0 Å². The number of anilines is 2. The van der Waals surface area contributed by atoms with Crippen LogP contribution in [0.4, 0.5) is 11.4 Å². The van der Waals surface area contributed by atoms with Crippen molar-refractivity contribution in [2.24, 2.45) is 0 Å². The highest BCUT2D eigenvalue weighted by atomic mass is 35.5. The van der Waals surface area contributed by atoms with Crippen LogP contribution in [0.2, 0.25) is 5.02 Å². The Labute approximate surface area is 113 Å². The first-order chi connectivity index (χ1) is 8.60. The molecule has 0 saturated heterocycles. The maximum atomic E-state index is 6.20. The van der Waals surface area contributed by atoms with E-state index in [4.69, 9.17) is 23.1 Å². The van der Waals surface area contributed by atoms with Gasteiger partial charge in [0.2, 0.25) is 0 Å². The van der Waals surface area contributed by atoms with Gasteiger partial charge in [0.05, 0.1) is 0 Å². The zero-order valence-electron chi connectivity index (χ0n) is 10.4. The number of hydrogen-bond donors (Lipinski definition) is 2. The molecule has 2 rings (SSSR count). The van der Waals surface area contributed by atoms with E-state index in [1.54, 1.807) is 6.07 Å². The summed E-state index contributed by atoms with van der Waals surface area (Å²) >= 11 is 6.20. The van der Waals surface area contributed by atoms with Gasteiger partial charge in [0.15, 0.2) is 0 Å². The van der Waals surface area contributed by atoms with Crippen molar-refractivity contribution in [2.75, 3.05) is 11.5 Å². The maximum absolute atomic E-state index is 6.20. The summed E-state index contributed by atoms with van der Waals surface area (Å²) in [6.07, 6.45) is 1.77. The lowest BCUT2D eigenvalue weighted by Gasteiger charge is -2.10. The SMILES string of the molecule is CCc1cc(N)ccc1Cc1ccc(N)cc1Cl. The van der Waals surface area contributed by atoms with E-state index < -0.39 is 0 Å². The molecule has 0 aromatic heterocycles. The molecule has 0 fully saturated rings. The average Bonchev–Trinajstić information content (AvgIpc) is 2.34. The molecule has 0 aliphatic carbocycles. The third-order valence-electron chi connectivity index (χ3n) is 3.07. The van der Waals surface area contributed by atoms with Crippen LogP contribution >= 0.6 is 11.6 Å². The third-order valence-corrected chi connectivity index (χ3v) is 3.42. The molecule has 0 saturated carbocycles. The molecule has 0 spiro atoms. The maximum Gasteiger partial charge on any atom is 0.0461 e. The van der Waals surface area contributed by atoms with E-state index in [0.29, 0.717) is 10.7 Å². The molecule has 0 atom stereocenters. The minimum absolute atomic E-state index is 0.691. The van der Waals surface area contributed by atoms with E-state index in [-0.39, 0.29) is 0 Å². The van der Waals surface area contributed by atoms with Crippen molar-refractivity contribution < 1.29 is 0 Å². The quantitative estimate of drug-likeness (QED) is 0.828. The van der Waals surface area contributed by atoms with E-state index in [1.807, 2.05) is 24.3 Å². The molecule has 3 heteroatoms. The molecular weight excluding hydrogens is 244 g/mol. The number of nitrogens with two attached hydrogens (primary N) is 2. The van der Waals surface area contributed by atoms with Gasteiger partial charge < -0.3 is 11.5 Å². The van der Waals surface area contributed by atoms with Gasteiger partial charge in [-0.2, -0.15) is 0 Å². The van der Waals surface area contributed by atoms with Crippen LogP contribution in [0.5, 0.6) is 0 Å². The first kappa shape index (κ1) is 12.8. The molecule has 0 aliphatic rings. The summed E-state index contributed by atoms with van der Waals surface area (Å²) in [5.41, 5.74) is 16.6. The lowest BCUT2D eigenvalue weighted by Crippen LogP contribution is -1.98. The highest BCUT2D eigenvalue weighted by Gasteiger charge is 2.06. The number of hydrogen-bond acceptors (Lipinski definition) is 2. The summed E-state index contributed by atoms with van der Waals surface area (Å²) in [6.45, 7) is 2.13. The standard InChI is InChI=1S/C15H17ClN2/c1-2-10-8-13(17)5-3-11(10)7-12-4-6-14(18)9-15(12)16/h3-6,8-9H,2,7,17-18H2,1H3. The lowest BCUT2D eigenvalue weighted by molar-refractivity contribution is 1.06. The topological polar surface area (TPSA) is 52.0 Å². The zero-order chi connectivity index (χ0) is 13.1. The first-order valence-corrected chi connectivity index (χ1v) is 6.39. The molecule has 0 unspecified atom stereocenters. The van der Waals surface area contributed by atoms with Gasteiger partial charge in [0.25, 0.3) is 0 Å². The van der Waals surface area contributed by atoms with E-state index in [0.717, 1.165) is 24.1 Å². The van der Waals surface area contributed by atoms with Crippen molar-refractivity contribution >= 4 is 23.0 Å². The van der Waals surface area contributed by atoms with E-state index in [9.17, 15) is 0 Å². The molecule has 0 radical (unpaired) electrons. The second-order valence-corrected chi connectivity index (χ2v) is 4.82. The fraction of sp³-hybridized carbons (Fsp3) is 0.200. The van der Waals surface area contributed by atoms with Gasteiger partial charge in [0, 0.05) is 16.4 Å². The fourth-order valence-electron chi connectivity index (χ4n) is 2.06. The fourth-order valence-corrected chi connectivity index (χ4v) is 2.32. The predicted molar refractivity (Wildman–Crippen MR) is 78.9 cm³/mol. The summed E-state index contributed by atoms with van der Waals surface area (Å²) in [6, 6.07) is 11.7. The lowest BCUT2D eigenvalue weighted by atomic mass is 9.97. The van der Waals surface area contributed by atoms with Crippen molar-refractivity contribution in [3.8, 4) is 0 Å². The molecular formula is C15H17ClN2. The smallest absolute Gasteiger partial charge is 0.0461 e. The first-order valence-electron chi connectivity index (χ1n) is 6.01. The van der Waals surface area contributed by atoms with Crippen molar-refractivity contribution in [2.45, 2.75) is 19.8 Å². The molecule has 4 N–H and O–H groups in total. The van der Waals surface area contributed by atoms with E-state index in [1.165, 1.54) is 11.1 Å². The summed E-state index contributed by atoms with van der Waals surface area (Å²) in [4.78, 5) is 0. The normalized spacial score (nSPS) is 10.6. The molecule has 18 heavy (non-hydrogen) atoms. The largest absolute Gasteiger partial charge is 0.399 e. The molecule has 2 aromatic carbocycles. The van der Waals surface area contributed by atoms with Crippen LogP contribution in [0.1, 0.15) is 23.6 Å². The predicted octanol–water partition coefficient (Wildman–Crippen LogP) is 3.66. The summed E-state index contributed by atoms with van der Waals surface area (Å²) in [5.74, 6) is 0. The highest BCUT2D eigenvalue weighted by Crippen LogP contribution is 2.24. The molecule has 94 valence electrons. The Bertz CT molecular complexity index is 564. The van der Waals surface area contributed by atoms with Gasteiger partial charge in [-0.05, 0) is 53.8 Å². The number of benzene rings is 2. The van der Waals surface area contributed by atoms with Crippen molar-refractivity contribution in [3.63, 3.8) is 0 Å². The molecule has 2 aromatic rings. The van der Waals surface area contributed by atoms with Gasteiger partial charge in [-0.15, -0.1) is 0 Å². The van der Waals surface area contributed by atoms with Crippen molar-refractivity contribution in [3.05, 3.63) is 58.1 Å². The van der Waals surface area contributed by atoms with Gasteiger partial charge >= 0.3 is 0 Å². The van der Waals surface area contributed by atoms with Crippen molar-refractivity contribution in [1.29, 1.82) is 0 Å². The van der Waals surface area contributed by atoms with Crippen LogP contribution in [-0.4, -0.2) is 0 Å². The summed E-state index contributed by atoms with van der Waals surface area (Å²) in [5, 5.41) is 0.717. The van der Waals surface area contributed by atoms with Crippen LogP contribution in [0.3, 0.4) is 0 Å². The Morgan fingerprint density at radius 1 is 0.889 bits per heavy atom. The summed E-state index contributed by atoms with van der Waals surface area (Å²) < 4.78 is 0. The number of aryl methyl sites for hydroxylation is 1. The monoisotopic (exact) mass is 260 g/mol. The number of rotatable bonds is 3. The number of halogens is 1. The minimum Gasteiger partial charge on any atom is -0.399 e.